The number of nitrogens with one attached hydrogen (secondary N) is 1. The van der Waals surface area contributed by atoms with Crippen molar-refractivity contribution in [2.75, 3.05) is 47.8 Å². The van der Waals surface area contributed by atoms with Crippen molar-refractivity contribution in [1.29, 1.82) is 0 Å². The van der Waals surface area contributed by atoms with Crippen molar-refractivity contribution in [2.45, 2.75) is 25.4 Å². The molecule has 152 valence electrons. The Balaban J connectivity index is 1.24. The van der Waals surface area contributed by atoms with Crippen LogP contribution in [-0.2, 0) is 11.3 Å². The van der Waals surface area contributed by atoms with Crippen LogP contribution in [0.5, 0.6) is 0 Å². The average Bonchev–Trinajstić information content (AvgIpc) is 3.21. The fourth-order valence-electron chi connectivity index (χ4n) is 4.52. The molecule has 1 aromatic heterocycles. The summed E-state index contributed by atoms with van der Waals surface area (Å²) < 4.78 is 13.7. The molecule has 5 rings (SSSR count). The number of fused-ring (bicyclic) bond motifs is 3. The SMILES string of the molecule is O=C1Nc2cc(CN3CCN(c4ccc(Cl)c(F)c4)CC3)cnc2N2CCC[C@@H]12. The number of pyridine rings is 1. The number of anilines is 3. The van der Waals surface area contributed by atoms with Crippen molar-refractivity contribution < 1.29 is 9.18 Å². The van der Waals surface area contributed by atoms with Gasteiger partial charge in [0.2, 0.25) is 5.91 Å². The molecule has 0 spiro atoms. The Morgan fingerprint density at radius 3 is 2.79 bits per heavy atom. The molecule has 6 nitrogen and oxygen atoms in total. The van der Waals surface area contributed by atoms with Crippen LogP contribution in [0.1, 0.15) is 18.4 Å². The molecule has 1 aromatic carbocycles. The van der Waals surface area contributed by atoms with Crippen molar-refractivity contribution in [2.24, 2.45) is 0 Å². The number of benzene rings is 1. The largest absolute Gasteiger partial charge is 0.369 e. The zero-order valence-electron chi connectivity index (χ0n) is 16.1. The van der Waals surface area contributed by atoms with Crippen LogP contribution in [0.2, 0.25) is 5.02 Å². The van der Waals surface area contributed by atoms with E-state index in [4.69, 9.17) is 11.6 Å². The third-order valence-corrected chi connectivity index (χ3v) is 6.36. The summed E-state index contributed by atoms with van der Waals surface area (Å²) in [6.45, 7) is 5.08. The highest BCUT2D eigenvalue weighted by Gasteiger charge is 2.37. The summed E-state index contributed by atoms with van der Waals surface area (Å²) in [6.07, 6.45) is 3.85. The fourth-order valence-corrected chi connectivity index (χ4v) is 4.64. The topological polar surface area (TPSA) is 51.7 Å². The lowest BCUT2D eigenvalue weighted by Crippen LogP contribution is -2.46. The third-order valence-electron chi connectivity index (χ3n) is 6.06. The van der Waals surface area contributed by atoms with Gasteiger partial charge in [0.1, 0.15) is 11.9 Å². The number of aromatic nitrogens is 1. The van der Waals surface area contributed by atoms with Crippen LogP contribution in [0, 0.1) is 5.82 Å². The highest BCUT2D eigenvalue weighted by atomic mass is 35.5. The lowest BCUT2D eigenvalue weighted by atomic mass is 10.1. The van der Waals surface area contributed by atoms with E-state index in [2.05, 4.69) is 31.1 Å². The van der Waals surface area contributed by atoms with Crippen molar-refractivity contribution in [3.8, 4) is 0 Å². The molecule has 0 radical (unpaired) electrons. The van der Waals surface area contributed by atoms with Gasteiger partial charge in [-0.1, -0.05) is 11.6 Å². The first kappa shape index (κ1) is 18.6. The molecular formula is C21H23ClFN5O. The standard InChI is InChI=1S/C21H23ClFN5O/c22-16-4-3-15(11-17(16)23)27-8-6-26(7-9-27)13-14-10-18-20(24-12-14)28-5-1-2-19(28)21(29)25-18/h3-4,10-12,19H,1-2,5-9,13H2,(H,25,29)/t19-/m0/s1. The van der Waals surface area contributed by atoms with Crippen LogP contribution in [0.25, 0.3) is 0 Å². The number of nitrogens with zero attached hydrogens (tertiary/aromatic N) is 4. The number of piperazine rings is 1. The second-order valence-corrected chi connectivity index (χ2v) is 8.32. The maximum atomic E-state index is 13.7. The van der Waals surface area contributed by atoms with Crippen LogP contribution in [-0.4, -0.2) is 54.6 Å². The van der Waals surface area contributed by atoms with Crippen LogP contribution in [0.15, 0.2) is 30.5 Å². The van der Waals surface area contributed by atoms with Gasteiger partial charge in [-0.15, -0.1) is 0 Å². The monoisotopic (exact) mass is 415 g/mol. The Morgan fingerprint density at radius 2 is 2.00 bits per heavy atom. The molecule has 3 aliphatic heterocycles. The minimum Gasteiger partial charge on any atom is -0.369 e. The van der Waals surface area contributed by atoms with Gasteiger partial charge in [-0.2, -0.15) is 0 Å². The molecule has 29 heavy (non-hydrogen) atoms. The van der Waals surface area contributed by atoms with E-state index in [1.54, 1.807) is 6.07 Å². The predicted octanol–water partition coefficient (Wildman–Crippen LogP) is 3.12. The predicted molar refractivity (Wildman–Crippen MR) is 112 cm³/mol. The molecular weight excluding hydrogens is 393 g/mol. The molecule has 4 heterocycles. The summed E-state index contributed by atoms with van der Waals surface area (Å²) >= 11 is 5.79. The smallest absolute Gasteiger partial charge is 0.247 e. The van der Waals surface area contributed by atoms with E-state index in [1.165, 1.54) is 6.07 Å². The molecule has 1 amide bonds. The van der Waals surface area contributed by atoms with Gasteiger partial charge in [-0.3, -0.25) is 9.69 Å². The van der Waals surface area contributed by atoms with Gasteiger partial charge in [0.05, 0.1) is 10.7 Å². The highest BCUT2D eigenvalue weighted by molar-refractivity contribution is 6.30. The van der Waals surface area contributed by atoms with Crippen LogP contribution in [0.3, 0.4) is 0 Å². The van der Waals surface area contributed by atoms with E-state index < -0.39 is 0 Å². The highest BCUT2D eigenvalue weighted by Crippen LogP contribution is 2.35. The van der Waals surface area contributed by atoms with E-state index in [9.17, 15) is 9.18 Å². The normalized spacial score (nSPS) is 21.7. The molecule has 0 aliphatic carbocycles. The average molecular weight is 416 g/mol. The zero-order chi connectivity index (χ0) is 20.0. The number of carbonyl (C=O) groups is 1. The third kappa shape index (κ3) is 3.53. The molecule has 1 N–H and O–H groups in total. The quantitative estimate of drug-likeness (QED) is 0.834. The molecule has 2 saturated heterocycles. The Kier molecular flexibility index (Phi) is 4.80. The minimum absolute atomic E-state index is 0.0633. The molecule has 0 bridgehead atoms. The van der Waals surface area contributed by atoms with Gasteiger partial charge in [-0.05, 0) is 42.7 Å². The molecule has 1 atom stereocenters. The second-order valence-electron chi connectivity index (χ2n) is 7.92. The molecule has 8 heteroatoms. The number of carbonyl (C=O) groups excluding carboxylic acids is 1. The summed E-state index contributed by atoms with van der Waals surface area (Å²) in [5.41, 5.74) is 2.78. The number of hydrogen-bond donors (Lipinski definition) is 1. The van der Waals surface area contributed by atoms with Crippen molar-refractivity contribution in [1.82, 2.24) is 9.88 Å². The van der Waals surface area contributed by atoms with E-state index in [0.717, 1.165) is 74.9 Å². The van der Waals surface area contributed by atoms with E-state index >= 15 is 0 Å². The van der Waals surface area contributed by atoms with Gasteiger partial charge in [0.15, 0.2) is 5.82 Å². The van der Waals surface area contributed by atoms with Crippen molar-refractivity contribution >= 4 is 34.7 Å². The first-order chi connectivity index (χ1) is 14.1. The van der Waals surface area contributed by atoms with Crippen LogP contribution < -0.4 is 15.1 Å². The number of rotatable bonds is 3. The Morgan fingerprint density at radius 1 is 1.17 bits per heavy atom. The van der Waals surface area contributed by atoms with Crippen LogP contribution in [0.4, 0.5) is 21.6 Å². The number of halogens is 2. The van der Waals surface area contributed by atoms with Gasteiger partial charge >= 0.3 is 0 Å². The van der Waals surface area contributed by atoms with Crippen LogP contribution >= 0.6 is 11.6 Å². The van der Waals surface area contributed by atoms with Gasteiger partial charge in [0.25, 0.3) is 0 Å². The minimum atomic E-state index is -0.381. The lowest BCUT2D eigenvalue weighted by Gasteiger charge is -2.36. The lowest BCUT2D eigenvalue weighted by molar-refractivity contribution is -0.117. The number of hydrogen-bond acceptors (Lipinski definition) is 5. The maximum absolute atomic E-state index is 13.7. The molecule has 2 fully saturated rings. The van der Waals surface area contributed by atoms with E-state index in [0.29, 0.717) is 0 Å². The Bertz CT molecular complexity index is 947. The maximum Gasteiger partial charge on any atom is 0.247 e. The summed E-state index contributed by atoms with van der Waals surface area (Å²) in [4.78, 5) is 23.6. The van der Waals surface area contributed by atoms with E-state index in [-0.39, 0.29) is 22.8 Å². The summed E-state index contributed by atoms with van der Waals surface area (Å²) in [6, 6.07) is 6.96. The Hall–Kier alpha value is -2.38. The van der Waals surface area contributed by atoms with Gasteiger partial charge in [-0.25, -0.2) is 9.37 Å². The number of amides is 1. The second kappa shape index (κ2) is 7.46. The van der Waals surface area contributed by atoms with Crippen molar-refractivity contribution in [3.63, 3.8) is 0 Å². The molecule has 0 saturated carbocycles. The fraction of sp³-hybridized carbons (Fsp3) is 0.429. The van der Waals surface area contributed by atoms with Gasteiger partial charge < -0.3 is 15.1 Å². The summed E-state index contributed by atoms with van der Waals surface area (Å²) in [7, 11) is 0. The first-order valence-electron chi connectivity index (χ1n) is 10.1. The van der Waals surface area contributed by atoms with E-state index in [1.807, 2.05) is 12.3 Å². The Labute approximate surface area is 174 Å². The summed E-state index contributed by atoms with van der Waals surface area (Å²) in [5, 5.41) is 3.18. The molecule has 2 aromatic rings. The molecule has 3 aliphatic rings. The van der Waals surface area contributed by atoms with Gasteiger partial charge in [0, 0.05) is 51.2 Å². The first-order valence-corrected chi connectivity index (χ1v) is 10.4. The molecule has 0 unspecified atom stereocenters. The van der Waals surface area contributed by atoms with Crippen molar-refractivity contribution in [3.05, 3.63) is 46.9 Å². The summed E-state index contributed by atoms with van der Waals surface area (Å²) in [5.74, 6) is 0.595. The zero-order valence-corrected chi connectivity index (χ0v) is 16.8.